The van der Waals surface area contributed by atoms with Gasteiger partial charge in [0.2, 0.25) is 0 Å². The summed E-state index contributed by atoms with van der Waals surface area (Å²) in [5, 5.41) is 17.9. The molecule has 0 aliphatic heterocycles. The first-order valence-electron chi connectivity index (χ1n) is 4.53. The molecule has 1 aromatic rings. The first-order chi connectivity index (χ1) is 7.31. The lowest BCUT2D eigenvalue weighted by Gasteiger charge is -2.23. The van der Waals surface area contributed by atoms with Gasteiger partial charge in [-0.15, -0.1) is 0 Å². The second-order valence-corrected chi connectivity index (χ2v) is 3.52. The number of hydrogen-bond donors (Lipinski definition) is 3. The molecule has 1 rings (SSSR count). The van der Waals surface area contributed by atoms with Gasteiger partial charge in [-0.2, -0.15) is 0 Å². The van der Waals surface area contributed by atoms with Gasteiger partial charge in [-0.3, -0.25) is 0 Å². The van der Waals surface area contributed by atoms with Crippen LogP contribution in [0.5, 0.6) is 5.75 Å². The minimum atomic E-state index is -3.69. The number of aliphatic hydroxyl groups is 1. The number of phenolic OH excluding ortho intramolecular Hbond substituents is 1. The highest BCUT2D eigenvalue weighted by Crippen LogP contribution is 2.36. The maximum atomic E-state index is 13.3. The van der Waals surface area contributed by atoms with Crippen molar-refractivity contribution in [1.29, 1.82) is 0 Å². The van der Waals surface area contributed by atoms with Gasteiger partial charge in [0.1, 0.15) is 24.2 Å². The summed E-state index contributed by atoms with van der Waals surface area (Å²) in [4.78, 5) is 0. The molecule has 0 fully saturated rings. The Morgan fingerprint density at radius 3 is 2.50 bits per heavy atom. The molecule has 0 aliphatic carbocycles. The molecule has 0 unspecified atom stereocenters. The molecule has 90 valence electrons. The molecule has 0 spiro atoms. The van der Waals surface area contributed by atoms with Crippen LogP contribution in [0.1, 0.15) is 17.2 Å². The van der Waals surface area contributed by atoms with E-state index in [1.165, 1.54) is 13.0 Å². The Hall–Kier alpha value is -1.27. The van der Waals surface area contributed by atoms with Gasteiger partial charge in [0.05, 0.1) is 5.56 Å². The van der Waals surface area contributed by atoms with Gasteiger partial charge in [-0.25, -0.2) is 13.2 Å². The molecule has 0 heterocycles. The van der Waals surface area contributed by atoms with Crippen LogP contribution >= 0.6 is 0 Å². The summed E-state index contributed by atoms with van der Waals surface area (Å²) < 4.78 is 39.4. The maximum Gasteiger partial charge on any atom is 0.289 e. The average molecular weight is 235 g/mol. The van der Waals surface area contributed by atoms with Crippen molar-refractivity contribution in [2.24, 2.45) is 5.73 Å². The molecule has 0 radical (unpaired) electrons. The topological polar surface area (TPSA) is 66.5 Å². The number of alkyl halides is 2. The van der Waals surface area contributed by atoms with Gasteiger partial charge < -0.3 is 15.9 Å². The highest BCUT2D eigenvalue weighted by Gasteiger charge is 2.40. The van der Waals surface area contributed by atoms with Crippen molar-refractivity contribution in [1.82, 2.24) is 0 Å². The van der Waals surface area contributed by atoms with Crippen molar-refractivity contribution in [2.45, 2.75) is 18.9 Å². The predicted molar refractivity (Wildman–Crippen MR) is 51.8 cm³/mol. The highest BCUT2D eigenvalue weighted by atomic mass is 19.3. The van der Waals surface area contributed by atoms with Crippen LogP contribution < -0.4 is 5.73 Å². The number of aromatic hydroxyl groups is 1. The van der Waals surface area contributed by atoms with Gasteiger partial charge in [-0.1, -0.05) is 6.07 Å². The molecule has 6 heteroatoms. The Bertz CT molecular complexity index is 396. The van der Waals surface area contributed by atoms with Crippen molar-refractivity contribution in [3.8, 4) is 5.75 Å². The number of phenols is 1. The lowest BCUT2D eigenvalue weighted by atomic mass is 9.98. The first-order valence-corrected chi connectivity index (χ1v) is 4.53. The molecular weight excluding hydrogens is 223 g/mol. The third-order valence-corrected chi connectivity index (χ3v) is 2.34. The fraction of sp³-hybridized carbons (Fsp3) is 0.400. The van der Waals surface area contributed by atoms with E-state index in [-0.39, 0.29) is 5.56 Å². The zero-order chi connectivity index (χ0) is 12.5. The van der Waals surface area contributed by atoms with Crippen molar-refractivity contribution in [2.75, 3.05) is 6.61 Å². The Kier molecular flexibility index (Phi) is 3.44. The fourth-order valence-corrected chi connectivity index (χ4v) is 1.30. The van der Waals surface area contributed by atoms with Crippen molar-refractivity contribution in [3.63, 3.8) is 0 Å². The average Bonchev–Trinajstić information content (AvgIpc) is 2.24. The van der Waals surface area contributed by atoms with Crippen LogP contribution in [0.3, 0.4) is 0 Å². The molecule has 0 aliphatic rings. The summed E-state index contributed by atoms with van der Waals surface area (Å²) >= 11 is 0. The minimum Gasteiger partial charge on any atom is -0.507 e. The molecule has 4 N–H and O–H groups in total. The summed E-state index contributed by atoms with van der Waals surface area (Å²) in [6, 6.07) is 0.104. The lowest BCUT2D eigenvalue weighted by molar-refractivity contribution is -0.0723. The van der Waals surface area contributed by atoms with Crippen LogP contribution in [0.25, 0.3) is 0 Å². The molecule has 0 bridgehead atoms. The molecular formula is C10H12F3NO2. The number of rotatable bonds is 3. The fourth-order valence-electron chi connectivity index (χ4n) is 1.30. The van der Waals surface area contributed by atoms with E-state index in [9.17, 15) is 18.3 Å². The Morgan fingerprint density at radius 2 is 2.00 bits per heavy atom. The Labute approximate surface area is 90.3 Å². The first kappa shape index (κ1) is 12.8. The molecule has 1 atom stereocenters. The number of nitrogens with two attached hydrogens (primary N) is 1. The second kappa shape index (κ2) is 4.31. The normalized spacial score (nSPS) is 13.9. The summed E-state index contributed by atoms with van der Waals surface area (Å²) in [5.41, 5.74) is 4.70. The summed E-state index contributed by atoms with van der Waals surface area (Å²) in [5.74, 6) is -5.32. The van der Waals surface area contributed by atoms with E-state index in [1.807, 2.05) is 0 Å². The summed E-state index contributed by atoms with van der Waals surface area (Å²) in [6.07, 6.45) is 0. The summed E-state index contributed by atoms with van der Waals surface area (Å²) in [7, 11) is 0. The summed E-state index contributed by atoms with van der Waals surface area (Å²) in [6.45, 7) is -0.0803. The molecule has 0 amide bonds. The molecule has 16 heavy (non-hydrogen) atoms. The van der Waals surface area contributed by atoms with Crippen LogP contribution in [0.2, 0.25) is 0 Å². The molecule has 1 aromatic carbocycles. The van der Waals surface area contributed by atoms with E-state index < -0.39 is 35.7 Å². The van der Waals surface area contributed by atoms with Gasteiger partial charge in [0.15, 0.2) is 0 Å². The lowest BCUT2D eigenvalue weighted by Crippen LogP contribution is -2.36. The zero-order valence-corrected chi connectivity index (χ0v) is 8.54. The standard InChI is InChI=1S/C10H12F3NO2/c1-5-2-3-6(11)7(8(5)16)9(14)10(12,13)4-15/h2-3,9,15-16H,4,14H2,1H3/t9-/m1/s1. The third kappa shape index (κ3) is 2.12. The van der Waals surface area contributed by atoms with Crippen LogP contribution in [0.15, 0.2) is 12.1 Å². The largest absolute Gasteiger partial charge is 0.507 e. The van der Waals surface area contributed by atoms with Crippen LogP contribution in [-0.2, 0) is 0 Å². The monoisotopic (exact) mass is 235 g/mol. The third-order valence-electron chi connectivity index (χ3n) is 2.34. The van der Waals surface area contributed by atoms with E-state index in [4.69, 9.17) is 10.8 Å². The van der Waals surface area contributed by atoms with Crippen LogP contribution in [-0.4, -0.2) is 22.7 Å². The number of aryl methyl sites for hydroxylation is 1. The Balaban J connectivity index is 3.28. The quantitative estimate of drug-likeness (QED) is 0.743. The van der Waals surface area contributed by atoms with Crippen molar-refractivity contribution < 1.29 is 23.4 Å². The van der Waals surface area contributed by atoms with E-state index in [0.29, 0.717) is 0 Å². The second-order valence-electron chi connectivity index (χ2n) is 3.52. The van der Waals surface area contributed by atoms with Crippen molar-refractivity contribution in [3.05, 3.63) is 29.1 Å². The van der Waals surface area contributed by atoms with E-state index in [0.717, 1.165) is 6.07 Å². The van der Waals surface area contributed by atoms with Crippen LogP contribution in [0, 0.1) is 12.7 Å². The van der Waals surface area contributed by atoms with Crippen LogP contribution in [0.4, 0.5) is 13.2 Å². The van der Waals surface area contributed by atoms with Gasteiger partial charge >= 0.3 is 0 Å². The van der Waals surface area contributed by atoms with Gasteiger partial charge in [0, 0.05) is 0 Å². The number of benzene rings is 1. The van der Waals surface area contributed by atoms with E-state index in [2.05, 4.69) is 0 Å². The highest BCUT2D eigenvalue weighted by molar-refractivity contribution is 5.43. The molecule has 0 aromatic heterocycles. The molecule has 3 nitrogen and oxygen atoms in total. The minimum absolute atomic E-state index is 0.237. The van der Waals surface area contributed by atoms with Crippen molar-refractivity contribution >= 4 is 0 Å². The zero-order valence-electron chi connectivity index (χ0n) is 8.54. The van der Waals surface area contributed by atoms with E-state index in [1.54, 1.807) is 0 Å². The Morgan fingerprint density at radius 1 is 1.44 bits per heavy atom. The maximum absolute atomic E-state index is 13.3. The number of hydrogen-bond acceptors (Lipinski definition) is 3. The molecule has 0 saturated carbocycles. The predicted octanol–water partition coefficient (Wildman–Crippen LogP) is 1.47. The SMILES string of the molecule is Cc1ccc(F)c([C@@H](N)C(F)(F)CO)c1O. The van der Waals surface area contributed by atoms with Gasteiger partial charge in [-0.05, 0) is 18.6 Å². The number of halogens is 3. The molecule has 0 saturated heterocycles. The smallest absolute Gasteiger partial charge is 0.289 e. The number of aliphatic hydroxyl groups excluding tert-OH is 1. The van der Waals surface area contributed by atoms with E-state index >= 15 is 0 Å². The van der Waals surface area contributed by atoms with Gasteiger partial charge in [0.25, 0.3) is 5.92 Å².